The van der Waals surface area contributed by atoms with Crippen molar-refractivity contribution < 1.29 is 19.8 Å². The third-order valence-electron chi connectivity index (χ3n) is 2.81. The molecule has 0 fully saturated rings. The zero-order valence-corrected chi connectivity index (χ0v) is 13.3. The molecule has 23 heavy (non-hydrogen) atoms. The quantitative estimate of drug-likeness (QED) is 0.568. The molecule has 1 aromatic carbocycles. The van der Waals surface area contributed by atoms with Crippen molar-refractivity contribution in [2.75, 3.05) is 11.1 Å². The Morgan fingerprint density at radius 2 is 1.83 bits per heavy atom. The molecule has 1 heterocycles. The molecule has 2 aromatic rings. The maximum atomic E-state index is 11.9. The van der Waals surface area contributed by atoms with Gasteiger partial charge in [0.05, 0.1) is 5.75 Å². The molecule has 0 unspecified atom stereocenters. The molecule has 0 saturated carbocycles. The van der Waals surface area contributed by atoms with Crippen molar-refractivity contribution in [1.82, 2.24) is 9.97 Å². The normalized spacial score (nSPS) is 10.3. The molecule has 7 nitrogen and oxygen atoms in total. The summed E-state index contributed by atoms with van der Waals surface area (Å²) in [6, 6.07) is 5.68. The fourth-order valence-electron chi connectivity index (χ4n) is 1.88. The summed E-state index contributed by atoms with van der Waals surface area (Å²) in [6.07, 6.45) is 0. The van der Waals surface area contributed by atoms with Crippen molar-refractivity contribution in [2.45, 2.75) is 19.0 Å². The molecule has 8 heteroatoms. The number of benzene rings is 1. The van der Waals surface area contributed by atoms with Crippen LogP contribution in [0.4, 0.5) is 5.69 Å². The van der Waals surface area contributed by atoms with Gasteiger partial charge in [-0.25, -0.2) is 14.8 Å². The molecule has 3 N–H and O–H groups in total. The number of carbonyl (C=O) groups excluding carboxylic acids is 1. The summed E-state index contributed by atoms with van der Waals surface area (Å²) in [7, 11) is 0. The number of aromatic nitrogens is 2. The third-order valence-corrected chi connectivity index (χ3v) is 3.65. The van der Waals surface area contributed by atoms with E-state index in [0.29, 0.717) is 10.8 Å². The lowest BCUT2D eigenvalue weighted by atomic mass is 10.2. The first-order valence-electron chi connectivity index (χ1n) is 6.66. The van der Waals surface area contributed by atoms with E-state index in [-0.39, 0.29) is 17.2 Å². The molecule has 0 aliphatic heterocycles. The molecule has 0 spiro atoms. The minimum Gasteiger partial charge on any atom is -0.507 e. The first kappa shape index (κ1) is 16.8. The van der Waals surface area contributed by atoms with Gasteiger partial charge in [0.2, 0.25) is 5.91 Å². The van der Waals surface area contributed by atoms with E-state index >= 15 is 0 Å². The Kier molecular flexibility index (Phi) is 5.17. The molecular formula is C15H15N3O4S. The van der Waals surface area contributed by atoms with Crippen molar-refractivity contribution in [3.63, 3.8) is 0 Å². The number of hydrogen-bond acceptors (Lipinski definition) is 6. The summed E-state index contributed by atoms with van der Waals surface area (Å²) in [6.45, 7) is 3.71. The zero-order chi connectivity index (χ0) is 17.0. The second-order valence-electron chi connectivity index (χ2n) is 4.81. The van der Waals surface area contributed by atoms with Gasteiger partial charge in [-0.1, -0.05) is 11.8 Å². The van der Waals surface area contributed by atoms with E-state index in [2.05, 4.69) is 15.3 Å². The van der Waals surface area contributed by atoms with Crippen LogP contribution in [0.5, 0.6) is 5.75 Å². The van der Waals surface area contributed by atoms with E-state index in [4.69, 9.17) is 5.11 Å². The van der Waals surface area contributed by atoms with Crippen molar-refractivity contribution >= 4 is 29.3 Å². The van der Waals surface area contributed by atoms with Crippen LogP contribution in [-0.4, -0.2) is 37.8 Å². The second-order valence-corrected chi connectivity index (χ2v) is 5.75. The Morgan fingerprint density at radius 3 is 2.39 bits per heavy atom. The first-order valence-corrected chi connectivity index (χ1v) is 7.65. The maximum absolute atomic E-state index is 11.9. The summed E-state index contributed by atoms with van der Waals surface area (Å²) in [5.41, 5.74) is 1.75. The Bertz CT molecular complexity index is 744. The van der Waals surface area contributed by atoms with Gasteiger partial charge >= 0.3 is 5.97 Å². The number of carboxylic acid groups (broad SMARTS) is 1. The maximum Gasteiger partial charge on any atom is 0.339 e. The second kappa shape index (κ2) is 7.10. The number of aromatic carboxylic acids is 1. The number of nitrogens with one attached hydrogen (secondary N) is 1. The lowest BCUT2D eigenvalue weighted by Crippen LogP contribution is -2.14. The number of anilines is 1. The monoisotopic (exact) mass is 333 g/mol. The fraction of sp³-hybridized carbons (Fsp3) is 0.200. The topological polar surface area (TPSA) is 112 Å². The number of carbonyl (C=O) groups is 2. The van der Waals surface area contributed by atoms with E-state index < -0.39 is 11.7 Å². The number of thioether (sulfide) groups is 1. The SMILES string of the molecule is Cc1cc(C)nc(SCC(=O)Nc2ccc(C(=O)O)c(O)c2)n1. The Hall–Kier alpha value is -2.61. The molecule has 0 saturated heterocycles. The number of rotatable bonds is 5. The molecule has 1 aromatic heterocycles. The van der Waals surface area contributed by atoms with Crippen molar-refractivity contribution in [2.24, 2.45) is 0 Å². The summed E-state index contributed by atoms with van der Waals surface area (Å²) in [5.74, 6) is -1.84. The minimum atomic E-state index is -1.23. The molecule has 1 amide bonds. The lowest BCUT2D eigenvalue weighted by molar-refractivity contribution is -0.113. The van der Waals surface area contributed by atoms with Gasteiger partial charge in [-0.2, -0.15) is 0 Å². The van der Waals surface area contributed by atoms with Crippen LogP contribution < -0.4 is 5.32 Å². The number of phenols is 1. The molecule has 0 bridgehead atoms. The lowest BCUT2D eigenvalue weighted by Gasteiger charge is -2.07. The number of carboxylic acids is 1. The fourth-order valence-corrected chi connectivity index (χ4v) is 2.62. The number of aryl methyl sites for hydroxylation is 2. The van der Waals surface area contributed by atoms with Crippen LogP contribution in [-0.2, 0) is 4.79 Å². The van der Waals surface area contributed by atoms with E-state index in [1.165, 1.54) is 30.0 Å². The van der Waals surface area contributed by atoms with Crippen molar-refractivity contribution in [1.29, 1.82) is 0 Å². The number of amides is 1. The molecule has 2 rings (SSSR count). The van der Waals surface area contributed by atoms with Gasteiger partial charge in [-0.3, -0.25) is 4.79 Å². The van der Waals surface area contributed by atoms with Gasteiger partial charge in [-0.15, -0.1) is 0 Å². The Balaban J connectivity index is 1.97. The molecule has 0 atom stereocenters. The van der Waals surface area contributed by atoms with Gasteiger partial charge in [0.25, 0.3) is 0 Å². The summed E-state index contributed by atoms with van der Waals surface area (Å²) in [5, 5.41) is 21.5. The standard InChI is InChI=1S/C15H15N3O4S/c1-8-5-9(2)17-15(16-8)23-7-13(20)18-10-3-4-11(14(21)22)12(19)6-10/h3-6,19H,7H2,1-2H3,(H,18,20)(H,21,22). The summed E-state index contributed by atoms with van der Waals surface area (Å²) < 4.78 is 0. The Labute approximate surface area is 136 Å². The van der Waals surface area contributed by atoms with Crippen LogP contribution in [0.25, 0.3) is 0 Å². The van der Waals surface area contributed by atoms with Crippen molar-refractivity contribution in [3.8, 4) is 5.75 Å². The van der Waals surface area contributed by atoms with Gasteiger partial charge in [-0.05, 0) is 32.0 Å². The number of hydrogen-bond donors (Lipinski definition) is 3. The average Bonchev–Trinajstić information content (AvgIpc) is 2.44. The minimum absolute atomic E-state index is 0.102. The van der Waals surface area contributed by atoms with Gasteiger partial charge in [0.1, 0.15) is 11.3 Å². The third kappa shape index (κ3) is 4.68. The predicted octanol–water partition coefficient (Wildman–Crippen LogP) is 2.23. The molecule has 0 aliphatic carbocycles. The van der Waals surface area contributed by atoms with Crippen LogP contribution in [0, 0.1) is 13.8 Å². The smallest absolute Gasteiger partial charge is 0.339 e. The predicted molar refractivity (Wildman–Crippen MR) is 85.9 cm³/mol. The summed E-state index contributed by atoms with van der Waals surface area (Å²) >= 11 is 1.20. The van der Waals surface area contributed by atoms with Crippen LogP contribution in [0.2, 0.25) is 0 Å². The highest BCUT2D eigenvalue weighted by Crippen LogP contribution is 2.22. The van der Waals surface area contributed by atoms with Crippen LogP contribution in [0.15, 0.2) is 29.4 Å². The highest BCUT2D eigenvalue weighted by molar-refractivity contribution is 7.99. The van der Waals surface area contributed by atoms with Gasteiger partial charge < -0.3 is 15.5 Å². The van der Waals surface area contributed by atoms with Crippen LogP contribution in [0.3, 0.4) is 0 Å². The first-order chi connectivity index (χ1) is 10.8. The van der Waals surface area contributed by atoms with E-state index in [0.717, 1.165) is 11.4 Å². The average molecular weight is 333 g/mol. The van der Waals surface area contributed by atoms with Gasteiger partial charge in [0, 0.05) is 23.1 Å². The van der Waals surface area contributed by atoms with E-state index in [1.54, 1.807) is 0 Å². The molecular weight excluding hydrogens is 318 g/mol. The highest BCUT2D eigenvalue weighted by atomic mass is 32.2. The summed E-state index contributed by atoms with van der Waals surface area (Å²) in [4.78, 5) is 31.2. The Morgan fingerprint density at radius 1 is 1.17 bits per heavy atom. The van der Waals surface area contributed by atoms with Crippen LogP contribution in [0.1, 0.15) is 21.7 Å². The number of aromatic hydroxyl groups is 1. The highest BCUT2D eigenvalue weighted by Gasteiger charge is 2.11. The molecule has 0 aliphatic rings. The zero-order valence-electron chi connectivity index (χ0n) is 12.5. The number of nitrogens with zero attached hydrogens (tertiary/aromatic N) is 2. The van der Waals surface area contributed by atoms with Crippen molar-refractivity contribution in [3.05, 3.63) is 41.2 Å². The largest absolute Gasteiger partial charge is 0.507 e. The molecule has 120 valence electrons. The van der Waals surface area contributed by atoms with E-state index in [9.17, 15) is 14.7 Å². The van der Waals surface area contributed by atoms with Gasteiger partial charge in [0.15, 0.2) is 5.16 Å². The molecule has 0 radical (unpaired) electrons. The van der Waals surface area contributed by atoms with E-state index in [1.807, 2.05) is 19.9 Å². The van der Waals surface area contributed by atoms with Crippen LogP contribution >= 0.6 is 11.8 Å².